The minimum Gasteiger partial charge on any atom is -0.456 e. The Kier molecular flexibility index (Phi) is 17.1. The zero-order chi connectivity index (χ0) is 95.4. The number of rotatable bonds is 5. The van der Waals surface area contributed by atoms with Gasteiger partial charge in [0.25, 0.3) is 0 Å². The van der Waals surface area contributed by atoms with E-state index in [9.17, 15) is 0 Å². The number of furan rings is 1. The second-order valence-corrected chi connectivity index (χ2v) is 40.2. The minimum absolute atomic E-state index is 0.926. The number of hydrogen-bond acceptors (Lipinski definition) is 1. The molecule has 0 aliphatic carbocycles. The molecule has 0 spiro atoms. The van der Waals surface area contributed by atoms with Crippen molar-refractivity contribution in [3.05, 3.63) is 497 Å². The van der Waals surface area contributed by atoms with Crippen LogP contribution in [-0.2, 0) is 0 Å². The molecule has 26 aromatic carbocycles. The van der Waals surface area contributed by atoms with E-state index in [1.165, 1.54) is 300 Å². The molecule has 0 fully saturated rings. The van der Waals surface area contributed by atoms with Crippen molar-refractivity contribution in [2.45, 2.75) is 6.92 Å². The highest BCUT2D eigenvalue weighted by molar-refractivity contribution is 6.33. The van der Waals surface area contributed by atoms with E-state index < -0.39 is 0 Å². The van der Waals surface area contributed by atoms with E-state index in [4.69, 9.17) is 4.42 Å². The summed E-state index contributed by atoms with van der Waals surface area (Å²) in [6, 6.07) is 181. The van der Waals surface area contributed by atoms with E-state index in [2.05, 4.69) is 504 Å². The zero-order valence-electron chi connectivity index (χ0n) is 79.5. The molecule has 0 atom stereocenters. The molecule has 0 aliphatic heterocycles. The highest BCUT2D eigenvalue weighted by atomic mass is 16.3. The molecule has 0 amide bonds. The van der Waals surface area contributed by atoms with Gasteiger partial charge in [-0.2, -0.15) is 0 Å². The molecule has 35 rings (SSSR count). The molecule has 9 aromatic heterocycles. The van der Waals surface area contributed by atoms with Gasteiger partial charge in [-0.25, -0.2) is 0 Å². The van der Waals surface area contributed by atoms with E-state index in [-0.39, 0.29) is 0 Å². The molecule has 5 nitrogen and oxygen atoms in total. The standard InChI is InChI=1S/C38H21NO.C38H23N.C33H21N.C32H19N/c1-3-9-24-20-34-29(15-22(24)7-1)32-18-27(26-13-14-37-31(17-26)28-11-5-6-12-36(28)40-37)19-33-30-16-23-8-2-4-10-25(23)21-35(30)39(34)38(32)33;1-2-8-24(9-3-1)25-14-16-26(17-15-25)31-20-34-32-18-27-10-4-6-12-29(27)22-36(32)39-37-23-30-13-7-5-11-28(30)19-33(37)35(21-31)38(34)39;1-20-10-12-21(13-11-20)26-16-29-27-14-22-6-2-4-8-24(22)18-31(27)34-32-19-25-9-5-3-7-23(25)15-28(32)30(17-26)33(29)34;1-2-8-20(9-3-1)25-16-28-26-14-21-10-4-6-12-23(21)18-30(26)33-31-19-24-13-7-5-11-22(24)15-27(31)29(17-25)32(28)33/h1-21H;1-23H;2-19H,1H3;1-19H. The second-order valence-electron chi connectivity index (χ2n) is 40.2. The van der Waals surface area contributed by atoms with Crippen molar-refractivity contribution in [3.8, 4) is 55.6 Å². The van der Waals surface area contributed by atoms with Gasteiger partial charge in [0.1, 0.15) is 11.2 Å². The maximum atomic E-state index is 6.14. The zero-order valence-corrected chi connectivity index (χ0v) is 79.5. The van der Waals surface area contributed by atoms with Gasteiger partial charge < -0.3 is 22.0 Å². The van der Waals surface area contributed by atoms with Gasteiger partial charge in [-0.1, -0.05) is 333 Å². The summed E-state index contributed by atoms with van der Waals surface area (Å²) in [5.74, 6) is 0. The van der Waals surface area contributed by atoms with Crippen LogP contribution >= 0.6 is 0 Å². The Hall–Kier alpha value is -19.2. The molecule has 35 aromatic rings. The van der Waals surface area contributed by atoms with Gasteiger partial charge in [-0.3, -0.25) is 0 Å². The predicted octanol–water partition coefficient (Wildman–Crippen LogP) is 39.1. The summed E-state index contributed by atoms with van der Waals surface area (Å²) >= 11 is 0. The van der Waals surface area contributed by atoms with Gasteiger partial charge in [0, 0.05) is 97.0 Å². The van der Waals surface area contributed by atoms with Crippen molar-refractivity contribution >= 4 is 260 Å². The van der Waals surface area contributed by atoms with Crippen LogP contribution in [0.3, 0.4) is 0 Å². The van der Waals surface area contributed by atoms with Crippen LogP contribution in [-0.4, -0.2) is 17.6 Å². The first kappa shape index (κ1) is 80.6. The first-order chi connectivity index (χ1) is 72.2. The molecule has 0 N–H and O–H groups in total. The van der Waals surface area contributed by atoms with E-state index in [1.54, 1.807) is 0 Å². The number of nitrogens with zero attached hydrogens (tertiary/aromatic N) is 4. The number of aromatic nitrogens is 4. The molecule has 146 heavy (non-hydrogen) atoms. The molecule has 9 heterocycles. The lowest BCUT2D eigenvalue weighted by Crippen LogP contribution is -1.82. The van der Waals surface area contributed by atoms with Gasteiger partial charge in [0.15, 0.2) is 0 Å². The Labute approximate surface area is 835 Å². The quantitative estimate of drug-likeness (QED) is 0.169. The molecule has 0 aliphatic rings. The summed E-state index contributed by atoms with van der Waals surface area (Å²) in [7, 11) is 0. The van der Waals surface area contributed by atoms with E-state index in [0.29, 0.717) is 0 Å². The summed E-state index contributed by atoms with van der Waals surface area (Å²) in [4.78, 5) is 0. The molecular formula is C141H84N4O. The van der Waals surface area contributed by atoms with Gasteiger partial charge in [0.05, 0.1) is 66.2 Å². The van der Waals surface area contributed by atoms with Crippen LogP contribution in [0.5, 0.6) is 0 Å². The molecule has 0 saturated heterocycles. The van der Waals surface area contributed by atoms with E-state index >= 15 is 0 Å². The Bertz CT molecular complexity index is 11200. The maximum absolute atomic E-state index is 6.14. The molecule has 0 unspecified atom stereocenters. The van der Waals surface area contributed by atoms with Crippen molar-refractivity contribution in [2.75, 3.05) is 0 Å². The molecule has 0 bridgehead atoms. The first-order valence-corrected chi connectivity index (χ1v) is 50.6. The summed E-state index contributed by atoms with van der Waals surface area (Å²) < 4.78 is 16.1. The third-order valence-corrected chi connectivity index (χ3v) is 32.0. The Morgan fingerprint density at radius 1 is 0.123 bits per heavy atom. The van der Waals surface area contributed by atoms with E-state index in [1.807, 2.05) is 12.1 Å². The average Bonchev–Trinajstić information content (AvgIpc) is 1.55. The maximum Gasteiger partial charge on any atom is 0.135 e. The van der Waals surface area contributed by atoms with Crippen molar-refractivity contribution < 1.29 is 4.42 Å². The smallest absolute Gasteiger partial charge is 0.135 e. The minimum atomic E-state index is 0.926. The largest absolute Gasteiger partial charge is 0.456 e. The molecular weight excluding hydrogens is 1770 g/mol. The fourth-order valence-corrected chi connectivity index (χ4v) is 25.1. The van der Waals surface area contributed by atoms with Gasteiger partial charge >= 0.3 is 0 Å². The second kappa shape index (κ2) is 30.9. The lowest BCUT2D eigenvalue weighted by Gasteiger charge is -2.07. The Morgan fingerprint density at radius 3 is 0.562 bits per heavy atom. The summed E-state index contributed by atoms with van der Waals surface area (Å²) in [6.07, 6.45) is 0. The SMILES string of the molecule is Cc1ccc(-c2cc3c4cc5ccccc5cc4n4c5cc6ccccc6cc5c(c2)c34)cc1.c1ccc(-c2cc3c4cc5ccccc5cc4n4c5cc6ccccc6cc5c(c2)c34)cc1.c1ccc(-c2ccc(-c3cc4c5cc6ccccc6cc5n5c6cc7ccccc7cc6c(c3)c45)cc2)cc1.c1ccc2cc3c(cc2c1)c1cc(-c2ccc4oc5ccccc5c4c2)cc2c4cc5ccccc5cc4n3c12. The average molecular weight is 1850 g/mol. The van der Waals surface area contributed by atoms with Crippen LogP contribution in [0.4, 0.5) is 0 Å². The first-order valence-electron chi connectivity index (χ1n) is 50.6. The summed E-state index contributed by atoms with van der Waals surface area (Å²) in [6.45, 7) is 2.15. The molecule has 0 saturated carbocycles. The molecule has 674 valence electrons. The Balaban J connectivity index is 0.0000000870. The van der Waals surface area contributed by atoms with Gasteiger partial charge in [-0.15, -0.1) is 0 Å². The monoisotopic (exact) mass is 1850 g/mol. The van der Waals surface area contributed by atoms with Crippen LogP contribution in [0.2, 0.25) is 0 Å². The van der Waals surface area contributed by atoms with E-state index in [0.717, 1.165) is 21.9 Å². The topological polar surface area (TPSA) is 30.8 Å². The Morgan fingerprint density at radius 2 is 0.301 bits per heavy atom. The van der Waals surface area contributed by atoms with Crippen LogP contribution < -0.4 is 0 Å². The normalized spacial score (nSPS) is 12.3. The number of benzene rings is 26. The lowest BCUT2D eigenvalue weighted by atomic mass is 9.96. The van der Waals surface area contributed by atoms with Crippen LogP contribution in [0, 0.1) is 6.92 Å². The van der Waals surface area contributed by atoms with Crippen molar-refractivity contribution in [1.29, 1.82) is 0 Å². The number of hydrogen-bond donors (Lipinski definition) is 0. The predicted molar refractivity (Wildman–Crippen MR) is 624 cm³/mol. The van der Waals surface area contributed by atoms with Crippen molar-refractivity contribution in [1.82, 2.24) is 17.6 Å². The van der Waals surface area contributed by atoms with Gasteiger partial charge in [0.2, 0.25) is 0 Å². The lowest BCUT2D eigenvalue weighted by molar-refractivity contribution is 0.669. The van der Waals surface area contributed by atoms with Crippen molar-refractivity contribution in [3.63, 3.8) is 0 Å². The third kappa shape index (κ3) is 12.1. The third-order valence-electron chi connectivity index (χ3n) is 32.0. The number of para-hydroxylation sites is 1. The van der Waals surface area contributed by atoms with Crippen LogP contribution in [0.1, 0.15) is 5.56 Å². The fourth-order valence-electron chi connectivity index (χ4n) is 25.1. The number of aryl methyl sites for hydroxylation is 1. The summed E-state index contributed by atoms with van der Waals surface area (Å²) in [5.41, 5.74) is 31.1. The van der Waals surface area contributed by atoms with Gasteiger partial charge in [-0.05, 0) is 313 Å². The highest BCUT2D eigenvalue weighted by Crippen LogP contribution is 2.52. The summed E-state index contributed by atoms with van der Waals surface area (Å²) in [5, 5.41) is 43.8. The molecule has 5 heteroatoms. The van der Waals surface area contributed by atoms with Crippen LogP contribution in [0.25, 0.3) is 316 Å². The fraction of sp³-hybridized carbons (Fsp3) is 0.00709. The number of fused-ring (bicyclic) bond motifs is 35. The highest BCUT2D eigenvalue weighted by Gasteiger charge is 2.28. The van der Waals surface area contributed by atoms with Crippen molar-refractivity contribution in [2.24, 2.45) is 0 Å². The van der Waals surface area contributed by atoms with Crippen LogP contribution in [0.15, 0.2) is 496 Å². The molecule has 0 radical (unpaired) electrons.